The molecule has 1 aliphatic rings. The van der Waals surface area contributed by atoms with Crippen molar-refractivity contribution in [3.63, 3.8) is 0 Å². The molecular formula is C24H30N4O3. The molecule has 3 rings (SSSR count). The molecule has 2 aromatic carbocycles. The van der Waals surface area contributed by atoms with Gasteiger partial charge in [-0.25, -0.2) is 0 Å². The Morgan fingerprint density at radius 3 is 2.29 bits per heavy atom. The Bertz CT molecular complexity index is 923. The molecule has 7 heteroatoms. The number of hydrogen-bond donors (Lipinski definition) is 2. The van der Waals surface area contributed by atoms with Gasteiger partial charge in [0.1, 0.15) is 0 Å². The van der Waals surface area contributed by atoms with Gasteiger partial charge in [0.05, 0.1) is 12.6 Å². The summed E-state index contributed by atoms with van der Waals surface area (Å²) in [7, 11) is 3.94. The number of anilines is 1. The van der Waals surface area contributed by atoms with Crippen LogP contribution in [-0.4, -0.2) is 56.4 Å². The number of carbonyl (C=O) groups is 3. The molecule has 1 heterocycles. The molecule has 0 aromatic heterocycles. The van der Waals surface area contributed by atoms with Gasteiger partial charge in [0.25, 0.3) is 5.91 Å². The maximum absolute atomic E-state index is 12.4. The fraction of sp³-hybridized carbons (Fsp3) is 0.375. The smallest absolute Gasteiger partial charge is 0.251 e. The number of nitrogens with one attached hydrogen (secondary N) is 2. The van der Waals surface area contributed by atoms with E-state index in [1.807, 2.05) is 21.0 Å². The minimum atomic E-state index is -0.322. The highest BCUT2D eigenvalue weighted by Crippen LogP contribution is 2.21. The lowest BCUT2D eigenvalue weighted by Crippen LogP contribution is -2.40. The van der Waals surface area contributed by atoms with Gasteiger partial charge in [-0.3, -0.25) is 14.4 Å². The van der Waals surface area contributed by atoms with Crippen molar-refractivity contribution in [2.24, 2.45) is 0 Å². The molecule has 3 amide bonds. The first-order valence-electron chi connectivity index (χ1n) is 10.5. The molecule has 0 saturated carbocycles. The standard InChI is InChI=1S/C24H30N4O3/c1-17-6-8-18(9-7-17)21(27(2)3)15-25-22(29)16-26-24(31)19-10-12-20(13-11-19)28-14-4-5-23(28)30/h6-13,21H,4-5,14-16H2,1-3H3,(H,25,29)(H,26,31). The van der Waals surface area contributed by atoms with Gasteiger partial charge in [-0.1, -0.05) is 29.8 Å². The van der Waals surface area contributed by atoms with Gasteiger partial charge in [-0.05, 0) is 57.3 Å². The Morgan fingerprint density at radius 1 is 1.03 bits per heavy atom. The summed E-state index contributed by atoms with van der Waals surface area (Å²) in [5.41, 5.74) is 3.56. The van der Waals surface area contributed by atoms with Gasteiger partial charge >= 0.3 is 0 Å². The van der Waals surface area contributed by atoms with Crippen LogP contribution in [0.25, 0.3) is 0 Å². The summed E-state index contributed by atoms with van der Waals surface area (Å²) in [6.45, 7) is 3.10. The van der Waals surface area contributed by atoms with Crippen molar-refractivity contribution in [3.8, 4) is 0 Å². The third-order valence-electron chi connectivity index (χ3n) is 5.50. The van der Waals surface area contributed by atoms with E-state index < -0.39 is 0 Å². The molecule has 2 N–H and O–H groups in total. The summed E-state index contributed by atoms with van der Waals surface area (Å²) in [4.78, 5) is 40.2. The van der Waals surface area contributed by atoms with Gasteiger partial charge in [-0.15, -0.1) is 0 Å². The van der Waals surface area contributed by atoms with E-state index in [0.29, 0.717) is 25.1 Å². The fourth-order valence-corrected chi connectivity index (χ4v) is 3.64. The molecule has 164 valence electrons. The van der Waals surface area contributed by atoms with Crippen molar-refractivity contribution in [3.05, 3.63) is 65.2 Å². The van der Waals surface area contributed by atoms with Crippen LogP contribution in [0.1, 0.15) is 40.4 Å². The molecule has 7 nitrogen and oxygen atoms in total. The number of amides is 3. The van der Waals surface area contributed by atoms with Gasteiger partial charge in [-0.2, -0.15) is 0 Å². The highest BCUT2D eigenvalue weighted by molar-refractivity contribution is 5.98. The first kappa shape index (κ1) is 22.5. The quantitative estimate of drug-likeness (QED) is 0.684. The van der Waals surface area contributed by atoms with Crippen LogP contribution in [0.4, 0.5) is 5.69 Å². The molecule has 0 bridgehead atoms. The predicted molar refractivity (Wildman–Crippen MR) is 121 cm³/mol. The van der Waals surface area contributed by atoms with E-state index in [0.717, 1.165) is 17.7 Å². The average Bonchev–Trinajstić information content (AvgIpc) is 3.19. The second kappa shape index (κ2) is 10.2. The van der Waals surface area contributed by atoms with E-state index in [1.54, 1.807) is 29.2 Å². The van der Waals surface area contributed by atoms with Crippen molar-refractivity contribution in [2.75, 3.05) is 38.6 Å². The van der Waals surface area contributed by atoms with Gasteiger partial charge in [0, 0.05) is 30.8 Å². The van der Waals surface area contributed by atoms with Crippen LogP contribution in [0.3, 0.4) is 0 Å². The fourth-order valence-electron chi connectivity index (χ4n) is 3.64. The zero-order chi connectivity index (χ0) is 22.4. The van der Waals surface area contributed by atoms with E-state index in [-0.39, 0.29) is 30.3 Å². The summed E-state index contributed by atoms with van der Waals surface area (Å²) in [5.74, 6) is -0.459. The SMILES string of the molecule is Cc1ccc(C(CNC(=O)CNC(=O)c2ccc(N3CCCC3=O)cc2)N(C)C)cc1. The minimum Gasteiger partial charge on any atom is -0.353 e. The number of rotatable bonds is 8. The molecule has 31 heavy (non-hydrogen) atoms. The molecule has 0 spiro atoms. The lowest BCUT2D eigenvalue weighted by atomic mass is 10.0. The summed E-state index contributed by atoms with van der Waals surface area (Å²) < 4.78 is 0. The lowest BCUT2D eigenvalue weighted by molar-refractivity contribution is -0.120. The van der Waals surface area contributed by atoms with Crippen molar-refractivity contribution in [1.29, 1.82) is 0 Å². The largest absolute Gasteiger partial charge is 0.353 e. The predicted octanol–water partition coefficient (Wildman–Crippen LogP) is 2.27. The van der Waals surface area contributed by atoms with Crippen LogP contribution in [0.2, 0.25) is 0 Å². The van der Waals surface area contributed by atoms with E-state index in [1.165, 1.54) is 5.56 Å². The van der Waals surface area contributed by atoms with E-state index in [4.69, 9.17) is 0 Å². The third-order valence-corrected chi connectivity index (χ3v) is 5.50. The Balaban J connectivity index is 1.48. The van der Waals surface area contributed by atoms with Gasteiger partial charge < -0.3 is 20.4 Å². The van der Waals surface area contributed by atoms with E-state index >= 15 is 0 Å². The van der Waals surface area contributed by atoms with Crippen molar-refractivity contribution >= 4 is 23.4 Å². The third kappa shape index (κ3) is 5.92. The minimum absolute atomic E-state index is 0.0427. The number of aryl methyl sites for hydroxylation is 1. The maximum Gasteiger partial charge on any atom is 0.251 e. The summed E-state index contributed by atoms with van der Waals surface area (Å²) in [5, 5.41) is 5.55. The number of benzene rings is 2. The second-order valence-corrected chi connectivity index (χ2v) is 8.07. The van der Waals surface area contributed by atoms with Crippen LogP contribution in [-0.2, 0) is 9.59 Å². The molecule has 2 aromatic rings. The van der Waals surface area contributed by atoms with Crippen molar-refractivity contribution in [2.45, 2.75) is 25.8 Å². The highest BCUT2D eigenvalue weighted by atomic mass is 16.2. The Morgan fingerprint density at radius 2 is 1.71 bits per heavy atom. The Labute approximate surface area is 183 Å². The molecule has 0 aliphatic carbocycles. The first-order valence-corrected chi connectivity index (χ1v) is 10.5. The molecule has 1 atom stereocenters. The molecule has 1 saturated heterocycles. The summed E-state index contributed by atoms with van der Waals surface area (Å²) in [6, 6.07) is 15.2. The van der Waals surface area contributed by atoms with Gasteiger partial charge in [0.15, 0.2) is 0 Å². The van der Waals surface area contributed by atoms with Gasteiger partial charge in [0.2, 0.25) is 11.8 Å². The lowest BCUT2D eigenvalue weighted by Gasteiger charge is -2.25. The van der Waals surface area contributed by atoms with Crippen LogP contribution in [0.15, 0.2) is 48.5 Å². The van der Waals surface area contributed by atoms with Crippen molar-refractivity contribution in [1.82, 2.24) is 15.5 Å². The summed E-state index contributed by atoms with van der Waals surface area (Å²) in [6.07, 6.45) is 1.42. The molecular weight excluding hydrogens is 392 g/mol. The zero-order valence-corrected chi connectivity index (χ0v) is 18.4. The monoisotopic (exact) mass is 422 g/mol. The number of likely N-dealkylation sites (N-methyl/N-ethyl adjacent to an activating group) is 1. The summed E-state index contributed by atoms with van der Waals surface area (Å²) >= 11 is 0. The number of hydrogen-bond acceptors (Lipinski definition) is 4. The second-order valence-electron chi connectivity index (χ2n) is 8.07. The zero-order valence-electron chi connectivity index (χ0n) is 18.4. The van der Waals surface area contributed by atoms with Crippen LogP contribution in [0.5, 0.6) is 0 Å². The average molecular weight is 423 g/mol. The van der Waals surface area contributed by atoms with Crippen molar-refractivity contribution < 1.29 is 14.4 Å². The van der Waals surface area contributed by atoms with E-state index in [9.17, 15) is 14.4 Å². The molecule has 1 unspecified atom stereocenters. The van der Waals surface area contributed by atoms with E-state index in [2.05, 4.69) is 39.8 Å². The first-order chi connectivity index (χ1) is 14.8. The normalized spacial score (nSPS) is 14.6. The molecule has 1 aliphatic heterocycles. The highest BCUT2D eigenvalue weighted by Gasteiger charge is 2.22. The number of nitrogens with zero attached hydrogens (tertiary/aromatic N) is 2. The molecule has 0 radical (unpaired) electrons. The molecule has 1 fully saturated rings. The number of carbonyl (C=O) groups excluding carboxylic acids is 3. The maximum atomic E-state index is 12.4. The Hall–Kier alpha value is -3.19. The Kier molecular flexibility index (Phi) is 7.41. The topological polar surface area (TPSA) is 81.8 Å². The van der Waals surface area contributed by atoms with Crippen LogP contribution >= 0.6 is 0 Å². The van der Waals surface area contributed by atoms with Crippen LogP contribution in [0, 0.1) is 6.92 Å². The van der Waals surface area contributed by atoms with Crippen LogP contribution < -0.4 is 15.5 Å².